The first-order valence-corrected chi connectivity index (χ1v) is 5.96. The molecule has 1 aromatic rings. The van der Waals surface area contributed by atoms with Crippen LogP contribution in [0.15, 0.2) is 24.3 Å². The molecule has 1 amide bonds. The average molecular weight is 265 g/mol. The van der Waals surface area contributed by atoms with E-state index in [0.717, 1.165) is 5.56 Å². The van der Waals surface area contributed by atoms with E-state index in [-0.39, 0.29) is 12.3 Å². The lowest BCUT2D eigenvalue weighted by Crippen LogP contribution is -2.44. The van der Waals surface area contributed by atoms with Crippen LogP contribution in [0.2, 0.25) is 0 Å². The molecule has 1 aromatic carbocycles. The monoisotopic (exact) mass is 265 g/mol. The summed E-state index contributed by atoms with van der Waals surface area (Å²) in [5.74, 6) is -1.23. The smallest absolute Gasteiger partial charge is 0.305 e. The summed E-state index contributed by atoms with van der Waals surface area (Å²) in [6.07, 6.45) is -0.125. The van der Waals surface area contributed by atoms with Crippen molar-refractivity contribution in [1.82, 2.24) is 5.32 Å². The van der Waals surface area contributed by atoms with Crippen molar-refractivity contribution in [2.24, 2.45) is 0 Å². The zero-order valence-corrected chi connectivity index (χ0v) is 11.4. The van der Waals surface area contributed by atoms with Crippen molar-refractivity contribution in [3.63, 3.8) is 0 Å². The number of rotatable bonds is 6. The summed E-state index contributed by atoms with van der Waals surface area (Å²) in [6.45, 7) is 3.85. The summed E-state index contributed by atoms with van der Waals surface area (Å²) >= 11 is 0. The second-order valence-electron chi connectivity index (χ2n) is 5.04. The molecule has 0 atom stereocenters. The number of methoxy groups -OCH3 is 1. The molecule has 0 saturated carbocycles. The Morgan fingerprint density at radius 3 is 2.32 bits per heavy atom. The van der Waals surface area contributed by atoms with Crippen LogP contribution in [0.4, 0.5) is 0 Å². The van der Waals surface area contributed by atoms with Crippen LogP contribution in [0.5, 0.6) is 0 Å². The molecule has 0 aliphatic rings. The molecule has 5 heteroatoms. The molecule has 0 spiro atoms. The highest BCUT2D eigenvalue weighted by molar-refractivity contribution is 5.94. The van der Waals surface area contributed by atoms with Gasteiger partial charge in [-0.25, -0.2) is 0 Å². The second kappa shape index (κ2) is 6.33. The third-order valence-corrected chi connectivity index (χ3v) is 2.57. The number of carbonyl (C=O) groups is 2. The van der Waals surface area contributed by atoms with Crippen LogP contribution in [-0.2, 0) is 16.1 Å². The first-order valence-electron chi connectivity index (χ1n) is 5.96. The third kappa shape index (κ3) is 5.09. The number of carboxylic acid groups (broad SMARTS) is 1. The predicted octanol–water partition coefficient (Wildman–Crippen LogP) is 1.82. The first-order chi connectivity index (χ1) is 8.84. The van der Waals surface area contributed by atoms with Crippen molar-refractivity contribution >= 4 is 11.9 Å². The zero-order chi connectivity index (χ0) is 14.5. The van der Waals surface area contributed by atoms with E-state index >= 15 is 0 Å². The van der Waals surface area contributed by atoms with Crippen molar-refractivity contribution in [3.8, 4) is 0 Å². The number of nitrogens with one attached hydrogen (secondary N) is 1. The third-order valence-electron chi connectivity index (χ3n) is 2.57. The van der Waals surface area contributed by atoms with Crippen LogP contribution in [0, 0.1) is 0 Å². The average Bonchev–Trinajstić information content (AvgIpc) is 2.27. The van der Waals surface area contributed by atoms with E-state index in [0.29, 0.717) is 12.2 Å². The minimum atomic E-state index is -0.944. The molecule has 19 heavy (non-hydrogen) atoms. The van der Waals surface area contributed by atoms with E-state index in [1.54, 1.807) is 33.1 Å². The lowest BCUT2D eigenvalue weighted by molar-refractivity contribution is -0.138. The quantitative estimate of drug-likeness (QED) is 0.822. The van der Waals surface area contributed by atoms with Crippen molar-refractivity contribution in [3.05, 3.63) is 35.4 Å². The fraction of sp³-hybridized carbons (Fsp3) is 0.429. The molecule has 0 heterocycles. The standard InChI is InChI=1S/C14H19NO4/c1-14(2,8-12(16)17)15-13(18)11-6-4-10(5-7-11)9-19-3/h4-7H,8-9H2,1-3H3,(H,15,18)(H,16,17). The van der Waals surface area contributed by atoms with E-state index in [1.165, 1.54) is 0 Å². The van der Waals surface area contributed by atoms with Crippen molar-refractivity contribution in [1.29, 1.82) is 0 Å². The van der Waals surface area contributed by atoms with Gasteiger partial charge in [0.15, 0.2) is 0 Å². The molecule has 0 fully saturated rings. The van der Waals surface area contributed by atoms with E-state index < -0.39 is 11.5 Å². The number of hydrogen-bond acceptors (Lipinski definition) is 3. The van der Waals surface area contributed by atoms with Gasteiger partial charge in [-0.05, 0) is 31.5 Å². The van der Waals surface area contributed by atoms with Crippen LogP contribution in [0.3, 0.4) is 0 Å². The Morgan fingerprint density at radius 2 is 1.84 bits per heavy atom. The van der Waals surface area contributed by atoms with Gasteiger partial charge < -0.3 is 15.2 Å². The van der Waals surface area contributed by atoms with Crippen LogP contribution < -0.4 is 5.32 Å². The Kier molecular flexibility index (Phi) is 5.06. The summed E-state index contributed by atoms with van der Waals surface area (Å²) in [5.41, 5.74) is 0.691. The number of carbonyl (C=O) groups excluding carboxylic acids is 1. The molecule has 5 nitrogen and oxygen atoms in total. The molecular weight excluding hydrogens is 246 g/mol. The molecule has 0 saturated heterocycles. The molecule has 0 radical (unpaired) electrons. The van der Waals surface area contributed by atoms with Crippen LogP contribution in [-0.4, -0.2) is 29.6 Å². The molecule has 1 rings (SSSR count). The topological polar surface area (TPSA) is 75.6 Å². The van der Waals surface area contributed by atoms with E-state index in [1.807, 2.05) is 12.1 Å². The number of amides is 1. The summed E-state index contributed by atoms with van der Waals surface area (Å²) in [5, 5.41) is 11.5. The van der Waals surface area contributed by atoms with E-state index in [9.17, 15) is 9.59 Å². The van der Waals surface area contributed by atoms with Gasteiger partial charge in [0.25, 0.3) is 5.91 Å². The Labute approximate surface area is 112 Å². The maximum atomic E-state index is 12.0. The summed E-state index contributed by atoms with van der Waals surface area (Å²) in [7, 11) is 1.61. The predicted molar refractivity (Wildman–Crippen MR) is 71.0 cm³/mol. The normalized spacial score (nSPS) is 11.1. The summed E-state index contributed by atoms with van der Waals surface area (Å²) in [4.78, 5) is 22.7. The Hall–Kier alpha value is -1.88. The Bertz CT molecular complexity index is 451. The highest BCUT2D eigenvalue weighted by Gasteiger charge is 2.24. The molecule has 104 valence electrons. The van der Waals surface area contributed by atoms with Gasteiger partial charge in [-0.3, -0.25) is 9.59 Å². The van der Waals surface area contributed by atoms with E-state index in [2.05, 4.69) is 5.32 Å². The van der Waals surface area contributed by atoms with Crippen molar-refractivity contribution in [2.75, 3.05) is 7.11 Å². The number of aliphatic carboxylic acids is 1. The Morgan fingerprint density at radius 1 is 1.26 bits per heavy atom. The van der Waals surface area contributed by atoms with Crippen molar-refractivity contribution < 1.29 is 19.4 Å². The fourth-order valence-electron chi connectivity index (χ4n) is 1.72. The zero-order valence-electron chi connectivity index (χ0n) is 11.4. The minimum absolute atomic E-state index is 0.125. The molecule has 0 unspecified atom stereocenters. The number of ether oxygens (including phenoxy) is 1. The highest BCUT2D eigenvalue weighted by Crippen LogP contribution is 2.11. The molecule has 2 N–H and O–H groups in total. The van der Waals surface area contributed by atoms with Gasteiger partial charge >= 0.3 is 5.97 Å². The lowest BCUT2D eigenvalue weighted by atomic mass is 10.00. The molecule has 0 aliphatic carbocycles. The first kappa shape index (κ1) is 15.2. The van der Waals surface area contributed by atoms with Gasteiger partial charge in [-0.2, -0.15) is 0 Å². The highest BCUT2D eigenvalue weighted by atomic mass is 16.5. The minimum Gasteiger partial charge on any atom is -0.481 e. The largest absolute Gasteiger partial charge is 0.481 e. The molecule has 0 aliphatic heterocycles. The van der Waals surface area contributed by atoms with Gasteiger partial charge in [-0.1, -0.05) is 12.1 Å². The van der Waals surface area contributed by atoms with Crippen LogP contribution in [0.1, 0.15) is 36.2 Å². The van der Waals surface area contributed by atoms with Gasteiger partial charge in [-0.15, -0.1) is 0 Å². The van der Waals surface area contributed by atoms with E-state index in [4.69, 9.17) is 9.84 Å². The molecule has 0 bridgehead atoms. The number of benzene rings is 1. The SMILES string of the molecule is COCc1ccc(C(=O)NC(C)(C)CC(=O)O)cc1. The van der Waals surface area contributed by atoms with Gasteiger partial charge in [0.1, 0.15) is 0 Å². The van der Waals surface area contributed by atoms with Gasteiger partial charge in [0.2, 0.25) is 0 Å². The summed E-state index contributed by atoms with van der Waals surface area (Å²) in [6, 6.07) is 7.01. The summed E-state index contributed by atoms with van der Waals surface area (Å²) < 4.78 is 4.99. The molecule has 0 aromatic heterocycles. The van der Waals surface area contributed by atoms with Crippen molar-refractivity contribution in [2.45, 2.75) is 32.4 Å². The Balaban J connectivity index is 2.70. The number of hydrogen-bond donors (Lipinski definition) is 2. The van der Waals surface area contributed by atoms with Crippen LogP contribution >= 0.6 is 0 Å². The lowest BCUT2D eigenvalue weighted by Gasteiger charge is -2.24. The second-order valence-corrected chi connectivity index (χ2v) is 5.04. The van der Waals surface area contributed by atoms with Gasteiger partial charge in [0.05, 0.1) is 13.0 Å². The fourth-order valence-corrected chi connectivity index (χ4v) is 1.72. The molecular formula is C14H19NO4. The number of carboxylic acids is 1. The van der Waals surface area contributed by atoms with Crippen LogP contribution in [0.25, 0.3) is 0 Å². The maximum absolute atomic E-state index is 12.0. The maximum Gasteiger partial charge on any atom is 0.305 e. The van der Waals surface area contributed by atoms with Gasteiger partial charge in [0, 0.05) is 18.2 Å².